The number of esters is 2. The van der Waals surface area contributed by atoms with E-state index in [2.05, 4.69) is 6.92 Å². The summed E-state index contributed by atoms with van der Waals surface area (Å²) in [5.74, 6) is -0.249. The van der Waals surface area contributed by atoms with E-state index in [9.17, 15) is 9.59 Å². The van der Waals surface area contributed by atoms with Crippen molar-refractivity contribution in [2.75, 3.05) is 6.61 Å². The minimum Gasteiger partial charge on any atom is -0.465 e. The fraction of sp³-hybridized carbons (Fsp3) is 0.652. The molecule has 0 aliphatic heterocycles. The van der Waals surface area contributed by atoms with Crippen molar-refractivity contribution in [3.8, 4) is 0 Å². The number of carbonyl (C=O) groups excluding carboxylic acids is 2. The molecule has 0 aromatic heterocycles. The molecule has 0 bridgehead atoms. The molecule has 1 aromatic carbocycles. The van der Waals surface area contributed by atoms with Crippen LogP contribution in [0.1, 0.15) is 81.6 Å². The lowest BCUT2D eigenvalue weighted by Gasteiger charge is -2.33. The van der Waals surface area contributed by atoms with Crippen LogP contribution in [-0.2, 0) is 14.3 Å². The third-order valence-corrected chi connectivity index (χ3v) is 5.42. The van der Waals surface area contributed by atoms with Gasteiger partial charge in [0.05, 0.1) is 12.2 Å². The molecule has 0 amide bonds. The van der Waals surface area contributed by atoms with E-state index in [-0.39, 0.29) is 17.9 Å². The van der Waals surface area contributed by atoms with Gasteiger partial charge in [0.15, 0.2) is 0 Å². The first-order valence-corrected chi connectivity index (χ1v) is 10.3. The SMILES string of the molecule is CCCCCC1(C(=O)OCC(C)C)CCCC1OC(=O)c1ccc(C)cc1. The Kier molecular flexibility index (Phi) is 7.88. The highest BCUT2D eigenvalue weighted by atomic mass is 16.6. The lowest BCUT2D eigenvalue weighted by atomic mass is 9.79. The van der Waals surface area contributed by atoms with Crippen molar-refractivity contribution in [1.29, 1.82) is 0 Å². The second kappa shape index (κ2) is 9.91. The second-order valence-electron chi connectivity index (χ2n) is 8.26. The molecule has 0 heterocycles. The monoisotopic (exact) mass is 374 g/mol. The lowest BCUT2D eigenvalue weighted by molar-refractivity contribution is -0.163. The van der Waals surface area contributed by atoms with Gasteiger partial charge in [-0.1, -0.05) is 57.7 Å². The number of unbranched alkanes of at least 4 members (excludes halogenated alkanes) is 2. The van der Waals surface area contributed by atoms with Crippen LogP contribution in [0.3, 0.4) is 0 Å². The van der Waals surface area contributed by atoms with Crippen molar-refractivity contribution >= 4 is 11.9 Å². The van der Waals surface area contributed by atoms with Crippen LogP contribution in [0.25, 0.3) is 0 Å². The number of benzene rings is 1. The number of hydrogen-bond donors (Lipinski definition) is 0. The van der Waals surface area contributed by atoms with E-state index >= 15 is 0 Å². The molecule has 0 saturated heterocycles. The van der Waals surface area contributed by atoms with Gasteiger partial charge in [0, 0.05) is 0 Å². The lowest BCUT2D eigenvalue weighted by Crippen LogP contribution is -2.42. The Morgan fingerprint density at radius 3 is 2.52 bits per heavy atom. The summed E-state index contributed by atoms with van der Waals surface area (Å²) >= 11 is 0. The van der Waals surface area contributed by atoms with Gasteiger partial charge in [-0.05, 0) is 50.7 Å². The second-order valence-corrected chi connectivity index (χ2v) is 8.26. The van der Waals surface area contributed by atoms with E-state index in [1.54, 1.807) is 12.1 Å². The molecule has 150 valence electrons. The summed E-state index contributed by atoms with van der Waals surface area (Å²) < 4.78 is 11.5. The predicted molar refractivity (Wildman–Crippen MR) is 107 cm³/mol. The van der Waals surface area contributed by atoms with Crippen molar-refractivity contribution in [3.63, 3.8) is 0 Å². The van der Waals surface area contributed by atoms with Crippen LogP contribution >= 0.6 is 0 Å². The number of carbonyl (C=O) groups is 2. The molecule has 1 fully saturated rings. The third kappa shape index (κ3) is 5.57. The molecule has 2 atom stereocenters. The number of hydrogen-bond acceptors (Lipinski definition) is 4. The third-order valence-electron chi connectivity index (χ3n) is 5.42. The average molecular weight is 375 g/mol. The first kappa shape index (κ1) is 21.5. The highest BCUT2D eigenvalue weighted by Crippen LogP contribution is 2.46. The van der Waals surface area contributed by atoms with E-state index in [1.807, 2.05) is 32.9 Å². The van der Waals surface area contributed by atoms with Crippen LogP contribution in [0.4, 0.5) is 0 Å². The smallest absolute Gasteiger partial charge is 0.338 e. The minimum absolute atomic E-state index is 0.188. The van der Waals surface area contributed by atoms with Gasteiger partial charge in [0.1, 0.15) is 11.5 Å². The fourth-order valence-corrected chi connectivity index (χ4v) is 3.80. The van der Waals surface area contributed by atoms with Gasteiger partial charge >= 0.3 is 11.9 Å². The number of rotatable bonds is 9. The predicted octanol–water partition coefficient (Wildman–Crippen LogP) is 5.47. The molecular weight excluding hydrogens is 340 g/mol. The van der Waals surface area contributed by atoms with Crippen LogP contribution in [0, 0.1) is 18.3 Å². The summed E-state index contributed by atoms with van der Waals surface area (Å²) in [6, 6.07) is 7.36. The highest BCUT2D eigenvalue weighted by molar-refractivity contribution is 5.90. The minimum atomic E-state index is -0.690. The van der Waals surface area contributed by atoms with E-state index in [1.165, 1.54) is 0 Å². The summed E-state index contributed by atoms with van der Waals surface area (Å²) in [7, 11) is 0. The number of ether oxygens (including phenoxy) is 2. The van der Waals surface area contributed by atoms with Gasteiger partial charge in [-0.25, -0.2) is 4.79 Å². The zero-order chi connectivity index (χ0) is 19.9. The topological polar surface area (TPSA) is 52.6 Å². The quantitative estimate of drug-likeness (QED) is 0.425. The molecule has 1 saturated carbocycles. The van der Waals surface area contributed by atoms with Crippen molar-refractivity contribution in [3.05, 3.63) is 35.4 Å². The molecular formula is C23H34O4. The van der Waals surface area contributed by atoms with Gasteiger partial charge in [0.25, 0.3) is 0 Å². The zero-order valence-corrected chi connectivity index (χ0v) is 17.3. The number of aryl methyl sites for hydroxylation is 1. The van der Waals surface area contributed by atoms with Gasteiger partial charge < -0.3 is 9.47 Å². The molecule has 0 radical (unpaired) electrons. The first-order chi connectivity index (χ1) is 12.9. The van der Waals surface area contributed by atoms with E-state index in [0.717, 1.165) is 50.5 Å². The molecule has 2 unspecified atom stereocenters. The largest absolute Gasteiger partial charge is 0.465 e. The normalized spacial score (nSPS) is 22.0. The van der Waals surface area contributed by atoms with Crippen molar-refractivity contribution < 1.29 is 19.1 Å². The van der Waals surface area contributed by atoms with Crippen molar-refractivity contribution in [2.45, 2.75) is 78.7 Å². The molecule has 4 nitrogen and oxygen atoms in total. The van der Waals surface area contributed by atoms with Crippen LogP contribution in [0.2, 0.25) is 0 Å². The Hall–Kier alpha value is -1.84. The van der Waals surface area contributed by atoms with Crippen molar-refractivity contribution in [1.82, 2.24) is 0 Å². The van der Waals surface area contributed by atoms with E-state index in [4.69, 9.17) is 9.47 Å². The van der Waals surface area contributed by atoms with Gasteiger partial charge in [-0.15, -0.1) is 0 Å². The molecule has 1 aromatic rings. The Morgan fingerprint density at radius 1 is 1.19 bits per heavy atom. The first-order valence-electron chi connectivity index (χ1n) is 10.3. The summed E-state index contributed by atoms with van der Waals surface area (Å²) in [4.78, 5) is 25.7. The van der Waals surface area contributed by atoms with Crippen LogP contribution < -0.4 is 0 Å². The Morgan fingerprint density at radius 2 is 1.89 bits per heavy atom. The Labute approximate surface area is 163 Å². The van der Waals surface area contributed by atoms with Gasteiger partial charge in [-0.3, -0.25) is 4.79 Å². The average Bonchev–Trinajstić information content (AvgIpc) is 3.04. The van der Waals surface area contributed by atoms with Crippen LogP contribution in [0.15, 0.2) is 24.3 Å². The summed E-state index contributed by atoms with van der Waals surface area (Å²) in [6.45, 7) is 8.59. The summed E-state index contributed by atoms with van der Waals surface area (Å²) in [5.41, 5.74) is 0.939. The van der Waals surface area contributed by atoms with Crippen molar-refractivity contribution in [2.24, 2.45) is 11.3 Å². The fourth-order valence-electron chi connectivity index (χ4n) is 3.80. The maximum Gasteiger partial charge on any atom is 0.338 e. The molecule has 0 N–H and O–H groups in total. The van der Waals surface area contributed by atoms with Crippen LogP contribution in [0.5, 0.6) is 0 Å². The summed E-state index contributed by atoms with van der Waals surface area (Å²) in [6.07, 6.45) is 5.77. The van der Waals surface area contributed by atoms with Gasteiger partial charge in [0.2, 0.25) is 0 Å². The standard InChI is InChI=1S/C23H34O4/c1-5-6-7-14-23(22(25)26-16-17(2)3)15-8-9-20(23)27-21(24)19-12-10-18(4)11-13-19/h10-13,17,20H,5-9,14-16H2,1-4H3. The van der Waals surface area contributed by atoms with Gasteiger partial charge in [-0.2, -0.15) is 0 Å². The van der Waals surface area contributed by atoms with E-state index < -0.39 is 11.5 Å². The zero-order valence-electron chi connectivity index (χ0n) is 17.3. The van der Waals surface area contributed by atoms with E-state index in [0.29, 0.717) is 12.2 Å². The van der Waals surface area contributed by atoms with Crippen LogP contribution in [-0.4, -0.2) is 24.6 Å². The Bertz CT molecular complexity index is 620. The molecule has 4 heteroatoms. The molecule has 2 rings (SSSR count). The maximum atomic E-state index is 13.0. The molecule has 0 spiro atoms. The highest BCUT2D eigenvalue weighted by Gasteiger charge is 2.52. The molecule has 1 aliphatic carbocycles. The Balaban J connectivity index is 2.15. The molecule has 27 heavy (non-hydrogen) atoms. The maximum absolute atomic E-state index is 13.0. The molecule has 1 aliphatic rings. The summed E-state index contributed by atoms with van der Waals surface area (Å²) in [5, 5.41) is 0.